The molecule has 0 spiro atoms. The van der Waals surface area contributed by atoms with E-state index in [0.717, 1.165) is 40.2 Å². The van der Waals surface area contributed by atoms with Gasteiger partial charge in [0.25, 0.3) is 0 Å². The molecule has 136 valence electrons. The molecule has 0 saturated heterocycles. The second-order valence-corrected chi connectivity index (χ2v) is 7.37. The molecule has 0 bridgehead atoms. The fraction of sp³-hybridized carbons (Fsp3) is 0.286. The van der Waals surface area contributed by atoms with Crippen LogP contribution in [0.5, 0.6) is 0 Å². The van der Waals surface area contributed by atoms with Gasteiger partial charge >= 0.3 is 0 Å². The number of nitrogen functional groups attached to an aromatic ring is 1. The van der Waals surface area contributed by atoms with Crippen molar-refractivity contribution >= 4 is 33.6 Å². The second kappa shape index (κ2) is 6.23. The zero-order valence-electron chi connectivity index (χ0n) is 15.3. The highest BCUT2D eigenvalue weighted by Gasteiger charge is 2.20. The maximum atomic E-state index is 5.97. The SMILES string of the molecule is CC(c1ccc2ccc(NCC3CC3)nc2c1)n1ccc2c(N)ncnc21. The summed E-state index contributed by atoms with van der Waals surface area (Å²) in [5, 5.41) is 5.49. The van der Waals surface area contributed by atoms with Crippen LogP contribution in [0.2, 0.25) is 0 Å². The van der Waals surface area contributed by atoms with Gasteiger partial charge in [0.2, 0.25) is 0 Å². The zero-order valence-corrected chi connectivity index (χ0v) is 15.3. The van der Waals surface area contributed by atoms with E-state index in [-0.39, 0.29) is 6.04 Å². The molecule has 3 aromatic heterocycles. The fourth-order valence-corrected chi connectivity index (χ4v) is 3.53. The zero-order chi connectivity index (χ0) is 18.4. The monoisotopic (exact) mass is 358 g/mol. The van der Waals surface area contributed by atoms with Crippen molar-refractivity contribution in [1.82, 2.24) is 19.5 Å². The maximum Gasteiger partial charge on any atom is 0.146 e. The first kappa shape index (κ1) is 16.1. The Morgan fingerprint density at radius 1 is 1.19 bits per heavy atom. The maximum absolute atomic E-state index is 5.97. The molecule has 1 aliphatic rings. The summed E-state index contributed by atoms with van der Waals surface area (Å²) in [5.74, 6) is 2.29. The van der Waals surface area contributed by atoms with Gasteiger partial charge in [-0.1, -0.05) is 12.1 Å². The van der Waals surface area contributed by atoms with Crippen LogP contribution in [0.1, 0.15) is 31.4 Å². The largest absolute Gasteiger partial charge is 0.383 e. The van der Waals surface area contributed by atoms with E-state index in [1.165, 1.54) is 24.7 Å². The van der Waals surface area contributed by atoms with Crippen LogP contribution in [0, 0.1) is 5.92 Å². The third-order valence-corrected chi connectivity index (χ3v) is 5.42. The van der Waals surface area contributed by atoms with Crippen LogP contribution in [0.4, 0.5) is 11.6 Å². The molecule has 1 saturated carbocycles. The molecule has 3 N–H and O–H groups in total. The van der Waals surface area contributed by atoms with E-state index < -0.39 is 0 Å². The smallest absolute Gasteiger partial charge is 0.146 e. The van der Waals surface area contributed by atoms with Gasteiger partial charge in [0.1, 0.15) is 23.6 Å². The lowest BCUT2D eigenvalue weighted by Gasteiger charge is -2.16. The number of rotatable bonds is 5. The minimum absolute atomic E-state index is 0.117. The highest BCUT2D eigenvalue weighted by atomic mass is 15.1. The molecule has 3 heterocycles. The van der Waals surface area contributed by atoms with E-state index >= 15 is 0 Å². The summed E-state index contributed by atoms with van der Waals surface area (Å²) in [6.45, 7) is 3.18. The van der Waals surface area contributed by atoms with E-state index in [4.69, 9.17) is 10.7 Å². The molecule has 1 aromatic carbocycles. The van der Waals surface area contributed by atoms with Crippen molar-refractivity contribution < 1.29 is 0 Å². The van der Waals surface area contributed by atoms with Gasteiger partial charge in [-0.05, 0) is 55.5 Å². The standard InChI is InChI=1S/C21H22N6/c1-13(27-9-8-17-20(22)24-12-25-21(17)27)16-5-4-15-6-7-19(26-18(15)10-16)23-11-14-2-3-14/h4-10,12-14H,2-3,11H2,1H3,(H,23,26)(H2,22,24,25). The van der Waals surface area contributed by atoms with E-state index in [1.807, 2.05) is 12.3 Å². The molecular weight excluding hydrogens is 336 g/mol. The highest BCUT2D eigenvalue weighted by Crippen LogP contribution is 2.30. The van der Waals surface area contributed by atoms with Crippen LogP contribution in [-0.4, -0.2) is 26.1 Å². The molecule has 6 heteroatoms. The average Bonchev–Trinajstić information content (AvgIpc) is 3.42. The first-order chi connectivity index (χ1) is 13.2. The van der Waals surface area contributed by atoms with Gasteiger partial charge in [0, 0.05) is 18.1 Å². The summed E-state index contributed by atoms with van der Waals surface area (Å²) in [7, 11) is 0. The number of benzene rings is 1. The Labute approximate surface area is 157 Å². The number of anilines is 2. The fourth-order valence-electron chi connectivity index (χ4n) is 3.53. The van der Waals surface area contributed by atoms with Crippen LogP contribution >= 0.6 is 0 Å². The Bertz CT molecular complexity index is 1130. The molecule has 1 aliphatic carbocycles. The Hall–Kier alpha value is -3.15. The van der Waals surface area contributed by atoms with Gasteiger partial charge < -0.3 is 15.6 Å². The summed E-state index contributed by atoms with van der Waals surface area (Å²) in [4.78, 5) is 13.3. The van der Waals surface area contributed by atoms with Crippen LogP contribution in [-0.2, 0) is 0 Å². The summed E-state index contributed by atoms with van der Waals surface area (Å²) >= 11 is 0. The molecule has 0 radical (unpaired) electrons. The van der Waals surface area contributed by atoms with Crippen molar-refractivity contribution in [1.29, 1.82) is 0 Å². The molecule has 1 atom stereocenters. The van der Waals surface area contributed by atoms with Crippen molar-refractivity contribution in [2.45, 2.75) is 25.8 Å². The van der Waals surface area contributed by atoms with Crippen molar-refractivity contribution in [2.24, 2.45) is 5.92 Å². The van der Waals surface area contributed by atoms with Gasteiger partial charge in [-0.2, -0.15) is 0 Å². The van der Waals surface area contributed by atoms with E-state index in [2.05, 4.69) is 57.1 Å². The minimum atomic E-state index is 0.117. The molecule has 4 aromatic rings. The van der Waals surface area contributed by atoms with Crippen LogP contribution in [0.3, 0.4) is 0 Å². The summed E-state index contributed by atoms with van der Waals surface area (Å²) < 4.78 is 2.13. The predicted octanol–water partition coefficient (Wildman–Crippen LogP) is 3.99. The van der Waals surface area contributed by atoms with Crippen LogP contribution in [0.15, 0.2) is 48.9 Å². The van der Waals surface area contributed by atoms with Crippen molar-refractivity contribution in [3.05, 3.63) is 54.5 Å². The molecule has 1 fully saturated rings. The van der Waals surface area contributed by atoms with Crippen LogP contribution < -0.4 is 11.1 Å². The first-order valence-electron chi connectivity index (χ1n) is 9.40. The molecule has 27 heavy (non-hydrogen) atoms. The van der Waals surface area contributed by atoms with E-state index in [0.29, 0.717) is 5.82 Å². The number of hydrogen-bond acceptors (Lipinski definition) is 5. The average molecular weight is 358 g/mol. The molecular formula is C21H22N6. The summed E-state index contributed by atoms with van der Waals surface area (Å²) in [5.41, 5.74) is 9.01. The number of nitrogens with two attached hydrogens (primary N) is 1. The highest BCUT2D eigenvalue weighted by molar-refractivity contribution is 5.86. The van der Waals surface area contributed by atoms with Crippen molar-refractivity contribution in [3.63, 3.8) is 0 Å². The number of pyridine rings is 1. The van der Waals surface area contributed by atoms with Crippen LogP contribution in [0.25, 0.3) is 21.9 Å². The number of aromatic nitrogens is 4. The molecule has 5 rings (SSSR count). The lowest BCUT2D eigenvalue weighted by atomic mass is 10.1. The number of nitrogens with one attached hydrogen (secondary N) is 1. The predicted molar refractivity (Wildman–Crippen MR) is 109 cm³/mol. The quantitative estimate of drug-likeness (QED) is 0.564. The Balaban J connectivity index is 1.49. The molecule has 6 nitrogen and oxygen atoms in total. The normalized spacial score (nSPS) is 15.3. The second-order valence-electron chi connectivity index (χ2n) is 7.37. The van der Waals surface area contributed by atoms with Gasteiger partial charge in [-0.25, -0.2) is 15.0 Å². The third kappa shape index (κ3) is 2.97. The topological polar surface area (TPSA) is 81.7 Å². The van der Waals surface area contributed by atoms with Crippen molar-refractivity contribution in [2.75, 3.05) is 17.6 Å². The van der Waals surface area contributed by atoms with E-state index in [1.54, 1.807) is 0 Å². The lowest BCUT2D eigenvalue weighted by molar-refractivity contribution is 0.658. The number of fused-ring (bicyclic) bond motifs is 2. The third-order valence-electron chi connectivity index (χ3n) is 5.42. The first-order valence-corrected chi connectivity index (χ1v) is 9.40. The number of nitrogens with zero attached hydrogens (tertiary/aromatic N) is 4. The van der Waals surface area contributed by atoms with Crippen molar-refractivity contribution in [3.8, 4) is 0 Å². The Morgan fingerprint density at radius 3 is 2.89 bits per heavy atom. The van der Waals surface area contributed by atoms with Gasteiger partial charge in [-0.3, -0.25) is 0 Å². The van der Waals surface area contributed by atoms with Gasteiger partial charge in [0.15, 0.2) is 0 Å². The number of hydrogen-bond donors (Lipinski definition) is 2. The summed E-state index contributed by atoms with van der Waals surface area (Å²) in [6.07, 6.45) is 6.20. The Kier molecular flexibility index (Phi) is 3.70. The van der Waals surface area contributed by atoms with Gasteiger partial charge in [0.05, 0.1) is 16.9 Å². The summed E-state index contributed by atoms with van der Waals surface area (Å²) in [6, 6.07) is 12.7. The molecule has 1 unspecified atom stereocenters. The lowest BCUT2D eigenvalue weighted by Crippen LogP contribution is -2.07. The molecule has 0 aliphatic heterocycles. The Morgan fingerprint density at radius 2 is 2.04 bits per heavy atom. The van der Waals surface area contributed by atoms with E-state index in [9.17, 15) is 0 Å². The van der Waals surface area contributed by atoms with Gasteiger partial charge in [-0.15, -0.1) is 0 Å². The minimum Gasteiger partial charge on any atom is -0.383 e. The molecule has 0 amide bonds.